The first-order chi connectivity index (χ1) is 6.89. The second-order valence-corrected chi connectivity index (χ2v) is 11.0. The Hall–Kier alpha value is 0.774. The van der Waals surface area contributed by atoms with Crippen LogP contribution in [0.2, 0.25) is 21.7 Å². The predicted octanol–water partition coefficient (Wildman–Crippen LogP) is 4.16. The van der Waals surface area contributed by atoms with Crippen LogP contribution < -0.4 is 0 Å². The van der Waals surface area contributed by atoms with Crippen molar-refractivity contribution in [2.45, 2.75) is 69.7 Å². The molecule has 0 atom stereocenters. The Labute approximate surface area is 107 Å². The fourth-order valence-corrected chi connectivity index (χ4v) is 8.39. The van der Waals surface area contributed by atoms with Gasteiger partial charge in [0.15, 0.2) is 0 Å². The first-order valence-electron chi connectivity index (χ1n) is 6.53. The van der Waals surface area contributed by atoms with Crippen molar-refractivity contribution in [3.8, 4) is 0 Å². The van der Waals surface area contributed by atoms with Crippen LogP contribution in [0.4, 0.5) is 0 Å². The molecule has 0 aromatic carbocycles. The van der Waals surface area contributed by atoms with Gasteiger partial charge in [-0.05, 0) is 0 Å². The zero-order chi connectivity index (χ0) is 12.1. The Morgan fingerprint density at radius 3 is 1.60 bits per heavy atom. The van der Waals surface area contributed by atoms with Crippen molar-refractivity contribution >= 4 is 26.0 Å². The normalized spacial score (nSPS) is 13.3. The maximum absolute atomic E-state index is 6.39. The molecule has 0 aliphatic rings. The molecule has 0 amide bonds. The summed E-state index contributed by atoms with van der Waals surface area (Å²) in [4.78, 5) is 0. The topological polar surface area (TPSA) is 9.23 Å². The maximum atomic E-state index is 6.39. The molecule has 0 aliphatic heterocycles. The van der Waals surface area contributed by atoms with Crippen LogP contribution in [0.25, 0.3) is 0 Å². The molecule has 0 spiro atoms. The average Bonchev–Trinajstić information content (AvgIpc) is 2.10. The molecule has 0 saturated heterocycles. The predicted molar refractivity (Wildman–Crippen MR) is 72.2 cm³/mol. The Balaban J connectivity index is 4.65. The van der Waals surface area contributed by atoms with Crippen molar-refractivity contribution in [2.75, 3.05) is 6.61 Å². The van der Waals surface area contributed by atoms with Gasteiger partial charge in [0.1, 0.15) is 0 Å². The molecular weight excluding hydrogens is 195 g/mol. The van der Waals surface area contributed by atoms with Crippen LogP contribution >= 0.6 is 0 Å². The second-order valence-electron chi connectivity index (χ2n) is 5.52. The van der Waals surface area contributed by atoms with Crippen molar-refractivity contribution in [2.24, 2.45) is 0 Å². The van der Waals surface area contributed by atoms with Crippen LogP contribution in [-0.2, 0) is 4.43 Å². The first kappa shape index (κ1) is 15.8. The summed E-state index contributed by atoms with van der Waals surface area (Å²) < 4.78 is 6.39. The minimum absolute atomic E-state index is 0.717. The van der Waals surface area contributed by atoms with Gasteiger partial charge in [-0.15, -0.1) is 0 Å². The third-order valence-corrected chi connectivity index (χ3v) is 9.68. The zero-order valence-electron chi connectivity index (χ0n) is 11.8. The van der Waals surface area contributed by atoms with Crippen molar-refractivity contribution in [3.05, 3.63) is 0 Å². The quantitative estimate of drug-likeness (QED) is 0.464. The van der Waals surface area contributed by atoms with Crippen molar-refractivity contribution < 1.29 is 4.43 Å². The SMILES string of the molecule is [Li][CH2]CCO[Si](C(C)C)(C(C)C)C(C)C. The molecule has 86 valence electrons. The molecule has 0 radical (unpaired) electrons. The summed E-state index contributed by atoms with van der Waals surface area (Å²) in [6, 6.07) is 0. The molecule has 0 aliphatic carbocycles. The Kier molecular flexibility index (Phi) is 7.54. The molecule has 0 heterocycles. The van der Waals surface area contributed by atoms with Gasteiger partial charge in [-0.3, -0.25) is 0 Å². The summed E-state index contributed by atoms with van der Waals surface area (Å²) in [5.41, 5.74) is 2.15. The molecule has 0 unspecified atom stereocenters. The van der Waals surface area contributed by atoms with Crippen molar-refractivity contribution in [3.63, 3.8) is 0 Å². The molecule has 0 bridgehead atoms. The molecule has 0 aromatic rings. The van der Waals surface area contributed by atoms with Gasteiger partial charge in [0.2, 0.25) is 0 Å². The van der Waals surface area contributed by atoms with E-state index in [-0.39, 0.29) is 0 Å². The third kappa shape index (κ3) is 3.93. The van der Waals surface area contributed by atoms with E-state index in [2.05, 4.69) is 59.3 Å². The van der Waals surface area contributed by atoms with E-state index in [0.717, 1.165) is 6.61 Å². The number of hydrogen-bond acceptors (Lipinski definition) is 1. The van der Waals surface area contributed by atoms with Crippen LogP contribution in [0, 0.1) is 0 Å². The molecule has 0 fully saturated rings. The van der Waals surface area contributed by atoms with Crippen LogP contribution in [0.1, 0.15) is 48.0 Å². The van der Waals surface area contributed by atoms with Gasteiger partial charge >= 0.3 is 107 Å². The van der Waals surface area contributed by atoms with Crippen molar-refractivity contribution in [1.29, 1.82) is 0 Å². The van der Waals surface area contributed by atoms with Gasteiger partial charge < -0.3 is 0 Å². The monoisotopic (exact) mass is 222 g/mol. The van der Waals surface area contributed by atoms with E-state index in [4.69, 9.17) is 4.43 Å². The second kappa shape index (κ2) is 7.17. The van der Waals surface area contributed by atoms with E-state index >= 15 is 0 Å². The van der Waals surface area contributed by atoms with E-state index < -0.39 is 8.32 Å². The summed E-state index contributed by atoms with van der Waals surface area (Å²) in [6.45, 7) is 15.0. The van der Waals surface area contributed by atoms with E-state index in [0.29, 0.717) is 16.6 Å². The third-order valence-electron chi connectivity index (χ3n) is 3.56. The van der Waals surface area contributed by atoms with E-state index in [1.165, 1.54) is 11.5 Å². The number of rotatable bonds is 7. The van der Waals surface area contributed by atoms with Gasteiger partial charge in [0.25, 0.3) is 0 Å². The molecule has 0 rings (SSSR count). The summed E-state index contributed by atoms with van der Waals surface area (Å²) in [6.07, 6.45) is 1.21. The molecule has 3 heteroatoms. The summed E-state index contributed by atoms with van der Waals surface area (Å²) in [7, 11) is -1.56. The van der Waals surface area contributed by atoms with Crippen LogP contribution in [0.15, 0.2) is 0 Å². The fourth-order valence-electron chi connectivity index (χ4n) is 2.89. The van der Waals surface area contributed by atoms with Gasteiger partial charge in [0, 0.05) is 0 Å². The van der Waals surface area contributed by atoms with E-state index in [1.807, 2.05) is 0 Å². The molecule has 0 saturated carbocycles. The van der Waals surface area contributed by atoms with Gasteiger partial charge in [-0.2, -0.15) is 0 Å². The van der Waals surface area contributed by atoms with Gasteiger partial charge in [-0.25, -0.2) is 0 Å². The summed E-state index contributed by atoms with van der Waals surface area (Å²) in [5, 5.41) is 1.23. The van der Waals surface area contributed by atoms with Gasteiger partial charge in [-0.1, -0.05) is 0 Å². The van der Waals surface area contributed by atoms with Crippen LogP contribution in [0.5, 0.6) is 0 Å². The summed E-state index contributed by atoms with van der Waals surface area (Å²) >= 11 is 2.23. The number of hydrogen-bond donors (Lipinski definition) is 0. The molecule has 0 N–H and O–H groups in total. The van der Waals surface area contributed by atoms with Crippen LogP contribution in [-0.4, -0.2) is 32.6 Å². The molecular formula is C12H27LiOSi. The Bertz CT molecular complexity index is 147. The molecule has 1 nitrogen and oxygen atoms in total. The zero-order valence-corrected chi connectivity index (χ0v) is 12.8. The standard InChI is InChI=1S/C12H27OSi.Li/c1-8-9-13-14(10(2)3,11(4)5)12(6)7;/h10-12H,1,8-9H2,2-7H3;. The Morgan fingerprint density at radius 1 is 0.933 bits per heavy atom. The average molecular weight is 222 g/mol. The van der Waals surface area contributed by atoms with Gasteiger partial charge in [0.05, 0.1) is 0 Å². The Morgan fingerprint density at radius 2 is 1.33 bits per heavy atom. The van der Waals surface area contributed by atoms with E-state index in [9.17, 15) is 0 Å². The molecule has 15 heavy (non-hydrogen) atoms. The molecule has 0 aromatic heterocycles. The van der Waals surface area contributed by atoms with E-state index in [1.54, 1.807) is 0 Å². The summed E-state index contributed by atoms with van der Waals surface area (Å²) in [5.74, 6) is 0. The van der Waals surface area contributed by atoms with Crippen LogP contribution in [0.3, 0.4) is 0 Å². The first-order valence-corrected chi connectivity index (χ1v) is 8.67. The fraction of sp³-hybridized carbons (Fsp3) is 1.00. The minimum atomic E-state index is -1.56. The van der Waals surface area contributed by atoms with Crippen molar-refractivity contribution in [1.82, 2.24) is 0 Å².